The summed E-state index contributed by atoms with van der Waals surface area (Å²) in [5.41, 5.74) is 5.91. The molecule has 0 saturated carbocycles. The van der Waals surface area contributed by atoms with Crippen LogP contribution in [-0.2, 0) is 4.74 Å². The van der Waals surface area contributed by atoms with Gasteiger partial charge in [0.1, 0.15) is 0 Å². The van der Waals surface area contributed by atoms with Gasteiger partial charge < -0.3 is 15.4 Å². The van der Waals surface area contributed by atoms with Gasteiger partial charge in [-0.15, -0.1) is 0 Å². The lowest BCUT2D eigenvalue weighted by molar-refractivity contribution is 0.0792. The first kappa shape index (κ1) is 13.6. The van der Waals surface area contributed by atoms with Crippen LogP contribution in [0.15, 0.2) is 0 Å². The fourth-order valence-electron chi connectivity index (χ4n) is 2.77. The van der Waals surface area contributed by atoms with Crippen LogP contribution in [0.3, 0.4) is 0 Å². The van der Waals surface area contributed by atoms with Gasteiger partial charge in [-0.2, -0.15) is 0 Å². The molecule has 5 heteroatoms. The lowest BCUT2D eigenvalue weighted by Crippen LogP contribution is -2.46. The van der Waals surface area contributed by atoms with Crippen LogP contribution in [0.1, 0.15) is 33.1 Å². The van der Waals surface area contributed by atoms with Crippen LogP contribution in [0, 0.1) is 0 Å². The van der Waals surface area contributed by atoms with E-state index >= 15 is 0 Å². The predicted molar refractivity (Wildman–Crippen MR) is 70.4 cm³/mol. The van der Waals surface area contributed by atoms with Crippen LogP contribution in [0.4, 0.5) is 4.79 Å². The van der Waals surface area contributed by atoms with E-state index in [1.54, 1.807) is 0 Å². The number of rotatable bonds is 2. The Balaban J connectivity index is 1.79. The van der Waals surface area contributed by atoms with Crippen molar-refractivity contribution in [2.45, 2.75) is 51.3 Å². The van der Waals surface area contributed by atoms with Gasteiger partial charge in [0.2, 0.25) is 0 Å². The van der Waals surface area contributed by atoms with E-state index in [0.29, 0.717) is 12.1 Å². The molecule has 2 heterocycles. The third-order valence-electron chi connectivity index (χ3n) is 3.85. The predicted octanol–water partition coefficient (Wildman–Crippen LogP) is 1.03. The third kappa shape index (κ3) is 3.36. The summed E-state index contributed by atoms with van der Waals surface area (Å²) in [7, 11) is 0. The monoisotopic (exact) mass is 255 g/mol. The Labute approximate surface area is 109 Å². The molecule has 1 unspecified atom stereocenters. The molecule has 104 valence electrons. The molecule has 2 saturated heterocycles. The summed E-state index contributed by atoms with van der Waals surface area (Å²) in [6, 6.07) is 0.863. The van der Waals surface area contributed by atoms with E-state index in [1.807, 2.05) is 18.7 Å². The zero-order valence-corrected chi connectivity index (χ0v) is 11.5. The van der Waals surface area contributed by atoms with Crippen molar-refractivity contribution in [2.75, 3.05) is 26.2 Å². The molecule has 18 heavy (non-hydrogen) atoms. The number of piperidine rings is 1. The Morgan fingerprint density at radius 2 is 1.89 bits per heavy atom. The van der Waals surface area contributed by atoms with Crippen LogP contribution in [-0.4, -0.2) is 60.3 Å². The summed E-state index contributed by atoms with van der Waals surface area (Å²) >= 11 is 0. The molecule has 0 bridgehead atoms. The van der Waals surface area contributed by atoms with Gasteiger partial charge in [0.05, 0.1) is 6.10 Å². The quantitative estimate of drug-likeness (QED) is 0.800. The summed E-state index contributed by atoms with van der Waals surface area (Å²) in [6.45, 7) is 7.53. The summed E-state index contributed by atoms with van der Waals surface area (Å²) in [6.07, 6.45) is 3.01. The number of carbonyl (C=O) groups is 1. The van der Waals surface area contributed by atoms with E-state index in [1.165, 1.54) is 0 Å². The Kier molecular flexibility index (Phi) is 4.45. The van der Waals surface area contributed by atoms with Gasteiger partial charge in [-0.3, -0.25) is 4.90 Å². The molecule has 5 nitrogen and oxygen atoms in total. The number of nitrogens with zero attached hydrogens (tertiary/aromatic N) is 2. The van der Waals surface area contributed by atoms with Crippen LogP contribution < -0.4 is 5.73 Å². The number of ether oxygens (including phenoxy) is 1. The first-order valence-electron chi connectivity index (χ1n) is 7.01. The number of carbonyl (C=O) groups excluding carboxylic acids is 1. The third-order valence-corrected chi connectivity index (χ3v) is 3.85. The van der Waals surface area contributed by atoms with Crippen molar-refractivity contribution >= 4 is 6.09 Å². The Morgan fingerprint density at radius 1 is 1.22 bits per heavy atom. The molecule has 0 aliphatic carbocycles. The van der Waals surface area contributed by atoms with Crippen molar-refractivity contribution in [3.05, 3.63) is 0 Å². The zero-order chi connectivity index (χ0) is 13.1. The molecule has 0 aromatic carbocycles. The van der Waals surface area contributed by atoms with Crippen LogP contribution in [0.2, 0.25) is 0 Å². The van der Waals surface area contributed by atoms with E-state index in [0.717, 1.165) is 45.4 Å². The smallest absolute Gasteiger partial charge is 0.410 e. The standard InChI is InChI=1S/C13H25N3O2/c1-10(2)18-13(17)16-8-5-12(9-16)15-6-3-11(14)4-7-15/h10-12H,3-9,14H2,1-2H3. The van der Waals surface area contributed by atoms with E-state index in [4.69, 9.17) is 10.5 Å². The maximum atomic E-state index is 11.8. The molecular formula is C13H25N3O2. The van der Waals surface area contributed by atoms with Crippen molar-refractivity contribution < 1.29 is 9.53 Å². The van der Waals surface area contributed by atoms with E-state index in [-0.39, 0.29) is 12.2 Å². The van der Waals surface area contributed by atoms with E-state index in [2.05, 4.69) is 4.90 Å². The fourth-order valence-corrected chi connectivity index (χ4v) is 2.77. The maximum absolute atomic E-state index is 11.8. The van der Waals surface area contributed by atoms with Gasteiger partial charge in [0.15, 0.2) is 0 Å². The second-order valence-electron chi connectivity index (χ2n) is 5.69. The van der Waals surface area contributed by atoms with Gasteiger partial charge in [-0.1, -0.05) is 0 Å². The highest BCUT2D eigenvalue weighted by Crippen LogP contribution is 2.20. The van der Waals surface area contributed by atoms with Crippen molar-refractivity contribution in [3.8, 4) is 0 Å². The summed E-state index contributed by atoms with van der Waals surface area (Å²) in [4.78, 5) is 16.1. The van der Waals surface area contributed by atoms with Crippen LogP contribution >= 0.6 is 0 Å². The molecule has 0 aromatic heterocycles. The molecule has 0 spiro atoms. The zero-order valence-electron chi connectivity index (χ0n) is 11.5. The average molecular weight is 255 g/mol. The number of amides is 1. The summed E-state index contributed by atoms with van der Waals surface area (Å²) in [5.74, 6) is 0. The molecule has 1 atom stereocenters. The maximum Gasteiger partial charge on any atom is 0.410 e. The molecule has 2 aliphatic rings. The highest BCUT2D eigenvalue weighted by atomic mass is 16.6. The minimum absolute atomic E-state index is 0.0375. The lowest BCUT2D eigenvalue weighted by Gasteiger charge is -2.34. The van der Waals surface area contributed by atoms with Gasteiger partial charge >= 0.3 is 6.09 Å². The van der Waals surface area contributed by atoms with Crippen molar-refractivity contribution in [1.82, 2.24) is 9.80 Å². The minimum atomic E-state index is -0.166. The topological polar surface area (TPSA) is 58.8 Å². The molecule has 0 radical (unpaired) electrons. The number of hydrogen-bond donors (Lipinski definition) is 1. The first-order chi connectivity index (χ1) is 8.56. The second kappa shape index (κ2) is 5.89. The number of likely N-dealkylation sites (tertiary alicyclic amines) is 2. The average Bonchev–Trinajstić information content (AvgIpc) is 2.78. The molecule has 0 aromatic rings. The van der Waals surface area contributed by atoms with Crippen molar-refractivity contribution in [2.24, 2.45) is 5.73 Å². The molecule has 2 aliphatic heterocycles. The highest BCUT2D eigenvalue weighted by Gasteiger charge is 2.32. The van der Waals surface area contributed by atoms with Gasteiger partial charge in [0.25, 0.3) is 0 Å². The summed E-state index contributed by atoms with van der Waals surface area (Å²) in [5, 5.41) is 0. The number of nitrogens with two attached hydrogens (primary N) is 1. The van der Waals surface area contributed by atoms with Gasteiger partial charge in [-0.25, -0.2) is 4.79 Å². The molecular weight excluding hydrogens is 230 g/mol. The van der Waals surface area contributed by atoms with Crippen LogP contribution in [0.25, 0.3) is 0 Å². The Morgan fingerprint density at radius 3 is 2.50 bits per heavy atom. The molecule has 2 N–H and O–H groups in total. The normalized spacial score (nSPS) is 26.9. The number of hydrogen-bond acceptors (Lipinski definition) is 4. The Hall–Kier alpha value is -0.810. The van der Waals surface area contributed by atoms with Crippen molar-refractivity contribution in [3.63, 3.8) is 0 Å². The fraction of sp³-hybridized carbons (Fsp3) is 0.923. The summed E-state index contributed by atoms with van der Waals surface area (Å²) < 4.78 is 5.24. The highest BCUT2D eigenvalue weighted by molar-refractivity contribution is 5.68. The minimum Gasteiger partial charge on any atom is -0.447 e. The molecule has 1 amide bonds. The SMILES string of the molecule is CC(C)OC(=O)N1CCC(N2CCC(N)CC2)C1. The molecule has 2 rings (SSSR count). The van der Waals surface area contributed by atoms with E-state index in [9.17, 15) is 4.79 Å². The van der Waals surface area contributed by atoms with Gasteiger partial charge in [-0.05, 0) is 46.2 Å². The Bertz CT molecular complexity index is 288. The van der Waals surface area contributed by atoms with Gasteiger partial charge in [0, 0.05) is 25.2 Å². The second-order valence-corrected chi connectivity index (χ2v) is 5.69. The first-order valence-corrected chi connectivity index (χ1v) is 7.01. The van der Waals surface area contributed by atoms with Crippen molar-refractivity contribution in [1.29, 1.82) is 0 Å². The molecule has 2 fully saturated rings. The van der Waals surface area contributed by atoms with Crippen LogP contribution in [0.5, 0.6) is 0 Å². The lowest BCUT2D eigenvalue weighted by atomic mass is 10.0. The largest absolute Gasteiger partial charge is 0.447 e. The van der Waals surface area contributed by atoms with E-state index < -0.39 is 0 Å².